The molecule has 2 fully saturated rings. The molecule has 3 rings (SSSR count). The van der Waals surface area contributed by atoms with E-state index in [0.717, 1.165) is 32.4 Å². The fraction of sp³-hybridized carbons (Fsp3) is 0.609. The molecule has 0 aliphatic carbocycles. The maximum atomic E-state index is 13.1. The number of carbonyl (C=O) groups excluding carboxylic acids is 3. The van der Waals surface area contributed by atoms with Crippen LogP contribution in [0.25, 0.3) is 0 Å². The second-order valence-corrected chi connectivity index (χ2v) is 7.92. The molecule has 0 spiro atoms. The average Bonchev–Trinajstić information content (AvgIpc) is 3.08. The van der Waals surface area contributed by atoms with Gasteiger partial charge in [0.05, 0.1) is 12.2 Å². The van der Waals surface area contributed by atoms with E-state index < -0.39 is 6.04 Å². The first-order valence-corrected chi connectivity index (χ1v) is 11.2. The summed E-state index contributed by atoms with van der Waals surface area (Å²) in [5.74, 6) is 0.275. The molecule has 1 N–H and O–H groups in total. The standard InChI is InChI=1S/C23H33N3O4/c1-2-30-20-12-6-5-10-18(20)23(29)26-17-9-11-19(26)22(28)24-14-13-21(27)25-15-7-3-4-8-16-25/h5-6,10,12,19H,2-4,7-9,11,13-17H2,1H3,(H,24,28). The number of hydrogen-bond donors (Lipinski definition) is 1. The highest BCUT2D eigenvalue weighted by Gasteiger charge is 2.35. The molecular formula is C23H33N3O4. The lowest BCUT2D eigenvalue weighted by Gasteiger charge is -2.25. The molecule has 1 unspecified atom stereocenters. The molecule has 164 valence electrons. The predicted molar refractivity (Wildman–Crippen MR) is 114 cm³/mol. The molecule has 0 saturated carbocycles. The van der Waals surface area contributed by atoms with E-state index in [1.54, 1.807) is 23.1 Å². The summed E-state index contributed by atoms with van der Waals surface area (Å²) in [6, 6.07) is 6.64. The third kappa shape index (κ3) is 5.52. The first kappa shape index (κ1) is 22.1. The number of benzene rings is 1. The Morgan fingerprint density at radius 3 is 2.50 bits per heavy atom. The van der Waals surface area contributed by atoms with Crippen LogP contribution in [-0.4, -0.2) is 66.3 Å². The Balaban J connectivity index is 1.54. The van der Waals surface area contributed by atoms with E-state index in [0.29, 0.717) is 43.9 Å². The van der Waals surface area contributed by atoms with Crippen molar-refractivity contribution in [1.82, 2.24) is 15.1 Å². The topological polar surface area (TPSA) is 79.0 Å². The van der Waals surface area contributed by atoms with E-state index in [1.165, 1.54) is 12.8 Å². The number of nitrogens with zero attached hydrogens (tertiary/aromatic N) is 2. The van der Waals surface area contributed by atoms with E-state index in [2.05, 4.69) is 5.32 Å². The Kier molecular flexibility index (Phi) is 8.11. The molecule has 0 radical (unpaired) electrons. The average molecular weight is 416 g/mol. The van der Waals surface area contributed by atoms with Crippen molar-refractivity contribution in [2.45, 2.75) is 57.9 Å². The molecule has 0 aromatic heterocycles. The molecular weight excluding hydrogens is 382 g/mol. The van der Waals surface area contributed by atoms with E-state index in [4.69, 9.17) is 4.74 Å². The Labute approximate surface area is 178 Å². The molecule has 2 aliphatic rings. The van der Waals surface area contributed by atoms with Crippen LogP contribution in [0.2, 0.25) is 0 Å². The molecule has 1 atom stereocenters. The molecule has 2 saturated heterocycles. The molecule has 1 aromatic rings. The lowest BCUT2D eigenvalue weighted by atomic mass is 10.1. The van der Waals surface area contributed by atoms with Gasteiger partial charge in [-0.2, -0.15) is 0 Å². The van der Waals surface area contributed by atoms with Crippen LogP contribution in [0.5, 0.6) is 5.75 Å². The highest BCUT2D eigenvalue weighted by atomic mass is 16.5. The van der Waals surface area contributed by atoms with Crippen molar-refractivity contribution >= 4 is 17.7 Å². The van der Waals surface area contributed by atoms with Crippen LogP contribution < -0.4 is 10.1 Å². The summed E-state index contributed by atoms with van der Waals surface area (Å²) >= 11 is 0. The zero-order valence-corrected chi connectivity index (χ0v) is 17.9. The summed E-state index contributed by atoms with van der Waals surface area (Å²) in [6.45, 7) is 4.83. The Bertz CT molecular complexity index is 744. The summed E-state index contributed by atoms with van der Waals surface area (Å²) < 4.78 is 5.58. The van der Waals surface area contributed by atoms with Gasteiger partial charge in [-0.25, -0.2) is 0 Å². The maximum absolute atomic E-state index is 13.1. The van der Waals surface area contributed by atoms with E-state index in [9.17, 15) is 14.4 Å². The molecule has 2 heterocycles. The van der Waals surface area contributed by atoms with Gasteiger partial charge < -0.3 is 19.9 Å². The van der Waals surface area contributed by atoms with Gasteiger partial charge >= 0.3 is 0 Å². The molecule has 2 aliphatic heterocycles. The summed E-state index contributed by atoms with van der Waals surface area (Å²) in [5.41, 5.74) is 0.482. The monoisotopic (exact) mass is 415 g/mol. The van der Waals surface area contributed by atoms with Crippen molar-refractivity contribution in [2.75, 3.05) is 32.8 Å². The lowest BCUT2D eigenvalue weighted by Crippen LogP contribution is -2.46. The van der Waals surface area contributed by atoms with Gasteiger partial charge in [0.2, 0.25) is 11.8 Å². The number of rotatable bonds is 7. The van der Waals surface area contributed by atoms with Crippen molar-refractivity contribution in [3.05, 3.63) is 29.8 Å². The van der Waals surface area contributed by atoms with Gasteiger partial charge in [-0.05, 0) is 44.7 Å². The number of hydrogen-bond acceptors (Lipinski definition) is 4. The molecule has 30 heavy (non-hydrogen) atoms. The zero-order valence-electron chi connectivity index (χ0n) is 17.9. The van der Waals surface area contributed by atoms with Crippen LogP contribution in [0.4, 0.5) is 0 Å². The van der Waals surface area contributed by atoms with Gasteiger partial charge in [-0.15, -0.1) is 0 Å². The second-order valence-electron chi connectivity index (χ2n) is 7.92. The Morgan fingerprint density at radius 2 is 1.77 bits per heavy atom. The third-order valence-corrected chi connectivity index (χ3v) is 5.83. The van der Waals surface area contributed by atoms with Crippen molar-refractivity contribution in [1.29, 1.82) is 0 Å². The fourth-order valence-corrected chi connectivity index (χ4v) is 4.25. The Hall–Kier alpha value is -2.57. The minimum Gasteiger partial charge on any atom is -0.493 e. The first-order chi connectivity index (χ1) is 14.6. The number of carbonyl (C=O) groups is 3. The highest BCUT2D eigenvalue weighted by molar-refractivity contribution is 6.00. The van der Waals surface area contributed by atoms with Crippen molar-refractivity contribution in [2.24, 2.45) is 0 Å². The van der Waals surface area contributed by atoms with Crippen LogP contribution in [0.15, 0.2) is 24.3 Å². The van der Waals surface area contributed by atoms with E-state index in [-0.39, 0.29) is 17.7 Å². The fourth-order valence-electron chi connectivity index (χ4n) is 4.25. The number of nitrogens with one attached hydrogen (secondary N) is 1. The SMILES string of the molecule is CCOc1ccccc1C(=O)N1CCCC1C(=O)NCCC(=O)N1CCCCCC1. The van der Waals surface area contributed by atoms with Gasteiger partial charge in [0.25, 0.3) is 5.91 Å². The minimum atomic E-state index is -0.500. The summed E-state index contributed by atoms with van der Waals surface area (Å²) in [4.78, 5) is 41.8. The van der Waals surface area contributed by atoms with Crippen LogP contribution >= 0.6 is 0 Å². The molecule has 7 heteroatoms. The molecule has 7 nitrogen and oxygen atoms in total. The van der Waals surface area contributed by atoms with Crippen LogP contribution in [0.3, 0.4) is 0 Å². The number of ether oxygens (including phenoxy) is 1. The summed E-state index contributed by atoms with van der Waals surface area (Å²) in [6.07, 6.45) is 6.19. The molecule has 3 amide bonds. The normalized spacial score (nSPS) is 19.3. The zero-order chi connectivity index (χ0) is 21.3. The largest absolute Gasteiger partial charge is 0.493 e. The molecule has 0 bridgehead atoms. The van der Waals surface area contributed by atoms with Gasteiger partial charge in [0.1, 0.15) is 11.8 Å². The van der Waals surface area contributed by atoms with Gasteiger partial charge in [-0.1, -0.05) is 25.0 Å². The van der Waals surface area contributed by atoms with Crippen molar-refractivity contribution in [3.8, 4) is 5.75 Å². The van der Waals surface area contributed by atoms with Crippen molar-refractivity contribution in [3.63, 3.8) is 0 Å². The van der Waals surface area contributed by atoms with Crippen LogP contribution in [0.1, 0.15) is 62.2 Å². The Morgan fingerprint density at radius 1 is 1.03 bits per heavy atom. The molecule has 1 aromatic carbocycles. The number of likely N-dealkylation sites (tertiary alicyclic amines) is 2. The van der Waals surface area contributed by atoms with Gasteiger partial charge in [0.15, 0.2) is 0 Å². The van der Waals surface area contributed by atoms with Crippen LogP contribution in [0, 0.1) is 0 Å². The number of para-hydroxylation sites is 1. The first-order valence-electron chi connectivity index (χ1n) is 11.2. The summed E-state index contributed by atoms with van der Waals surface area (Å²) in [5, 5.41) is 2.87. The maximum Gasteiger partial charge on any atom is 0.258 e. The van der Waals surface area contributed by atoms with E-state index in [1.807, 2.05) is 17.9 Å². The van der Waals surface area contributed by atoms with Gasteiger partial charge in [0, 0.05) is 32.6 Å². The smallest absolute Gasteiger partial charge is 0.258 e. The summed E-state index contributed by atoms with van der Waals surface area (Å²) in [7, 11) is 0. The van der Waals surface area contributed by atoms with Gasteiger partial charge in [-0.3, -0.25) is 14.4 Å². The quantitative estimate of drug-likeness (QED) is 0.742. The number of amides is 3. The van der Waals surface area contributed by atoms with E-state index >= 15 is 0 Å². The van der Waals surface area contributed by atoms with Crippen molar-refractivity contribution < 1.29 is 19.1 Å². The lowest BCUT2D eigenvalue weighted by molar-refractivity contribution is -0.131. The second kappa shape index (κ2) is 11.0. The third-order valence-electron chi connectivity index (χ3n) is 5.83. The minimum absolute atomic E-state index is 0.0993. The highest BCUT2D eigenvalue weighted by Crippen LogP contribution is 2.25. The predicted octanol–water partition coefficient (Wildman–Crippen LogP) is 2.60. The van der Waals surface area contributed by atoms with Crippen LogP contribution in [-0.2, 0) is 9.59 Å².